The van der Waals surface area contributed by atoms with Crippen LogP contribution in [0.2, 0.25) is 0 Å². The lowest BCUT2D eigenvalue weighted by Crippen LogP contribution is -2.17. The first-order chi connectivity index (χ1) is 16.4. The van der Waals surface area contributed by atoms with Crippen LogP contribution < -0.4 is 10.2 Å². The lowest BCUT2D eigenvalue weighted by atomic mass is 10.2. The van der Waals surface area contributed by atoms with Crippen molar-refractivity contribution < 1.29 is 14.3 Å². The van der Waals surface area contributed by atoms with E-state index in [4.69, 9.17) is 4.74 Å². The molecule has 6 nitrogen and oxygen atoms in total. The third kappa shape index (κ3) is 5.50. The number of rotatable bonds is 6. The number of carbonyl (C=O) groups is 2. The first-order valence-electron chi connectivity index (χ1n) is 10.6. The Morgan fingerprint density at radius 1 is 0.882 bits per heavy atom. The highest BCUT2D eigenvalue weighted by molar-refractivity contribution is 9.10. The van der Waals surface area contributed by atoms with Gasteiger partial charge in [-0.15, -0.1) is 0 Å². The third-order valence-corrected chi connectivity index (χ3v) is 5.68. The largest absolute Gasteiger partial charge is 0.423 e. The molecule has 1 aromatic heterocycles. The third-order valence-electron chi connectivity index (χ3n) is 5.19. The first kappa shape index (κ1) is 23.2. The number of aromatic nitrogens is 1. The number of nitrogens with one attached hydrogen (secondary N) is 1. The second-order valence-electron chi connectivity index (χ2n) is 7.67. The smallest absolute Gasteiger partial charge is 0.343 e. The standard InChI is InChI=1S/C27H22BrN3O3/c1-18-6-7-19(2)31(18)24-12-10-21(11-13-24)26(32)30-29-17-20-8-14-25(15-9-20)34-27(33)22-4-3-5-23(28)16-22/h3-17H,1-2H3,(H,30,32)/b29-17+. The molecule has 1 heterocycles. The van der Waals surface area contributed by atoms with Crippen LogP contribution in [-0.2, 0) is 0 Å². The molecule has 0 saturated heterocycles. The molecule has 0 bridgehead atoms. The van der Waals surface area contributed by atoms with Crippen LogP contribution in [0.25, 0.3) is 5.69 Å². The van der Waals surface area contributed by atoms with Gasteiger partial charge in [0, 0.05) is 27.1 Å². The highest BCUT2D eigenvalue weighted by atomic mass is 79.9. The minimum Gasteiger partial charge on any atom is -0.423 e. The second kappa shape index (κ2) is 10.3. The number of nitrogens with zero attached hydrogens (tertiary/aromatic N) is 2. The summed E-state index contributed by atoms with van der Waals surface area (Å²) >= 11 is 3.34. The lowest BCUT2D eigenvalue weighted by Gasteiger charge is -2.10. The van der Waals surface area contributed by atoms with Gasteiger partial charge in [0.25, 0.3) is 5.91 Å². The fraction of sp³-hybridized carbons (Fsp3) is 0.0741. The van der Waals surface area contributed by atoms with Gasteiger partial charge < -0.3 is 9.30 Å². The Morgan fingerprint density at radius 2 is 1.56 bits per heavy atom. The predicted octanol–water partition coefficient (Wildman–Crippen LogP) is 5.84. The zero-order chi connectivity index (χ0) is 24.1. The van der Waals surface area contributed by atoms with Crippen molar-refractivity contribution in [2.45, 2.75) is 13.8 Å². The van der Waals surface area contributed by atoms with Gasteiger partial charge in [0.15, 0.2) is 0 Å². The molecule has 4 rings (SSSR count). The summed E-state index contributed by atoms with van der Waals surface area (Å²) in [5.41, 5.74) is 7.51. The molecule has 1 N–H and O–H groups in total. The van der Waals surface area contributed by atoms with E-state index in [0.29, 0.717) is 16.9 Å². The van der Waals surface area contributed by atoms with Crippen LogP contribution in [0.3, 0.4) is 0 Å². The summed E-state index contributed by atoms with van der Waals surface area (Å²) < 4.78 is 8.31. The molecule has 170 valence electrons. The zero-order valence-corrected chi connectivity index (χ0v) is 20.2. The van der Waals surface area contributed by atoms with Gasteiger partial charge in [-0.2, -0.15) is 5.10 Å². The molecular formula is C27H22BrN3O3. The van der Waals surface area contributed by atoms with Gasteiger partial charge in [0.2, 0.25) is 0 Å². The Labute approximate surface area is 206 Å². The number of benzene rings is 3. The summed E-state index contributed by atoms with van der Waals surface area (Å²) in [5.74, 6) is -0.328. The molecule has 34 heavy (non-hydrogen) atoms. The summed E-state index contributed by atoms with van der Waals surface area (Å²) in [6.07, 6.45) is 1.53. The molecule has 1 amide bonds. The van der Waals surface area contributed by atoms with Gasteiger partial charge in [-0.3, -0.25) is 4.79 Å². The van der Waals surface area contributed by atoms with Crippen molar-refractivity contribution in [3.05, 3.63) is 117 Å². The minimum absolute atomic E-state index is 0.302. The first-order valence-corrected chi connectivity index (χ1v) is 11.4. The number of aryl methyl sites for hydroxylation is 2. The Hall–Kier alpha value is -3.97. The normalized spacial score (nSPS) is 10.9. The van der Waals surface area contributed by atoms with Crippen molar-refractivity contribution in [3.8, 4) is 11.4 Å². The van der Waals surface area contributed by atoms with Gasteiger partial charge >= 0.3 is 5.97 Å². The number of hydrogen-bond acceptors (Lipinski definition) is 4. The summed E-state index contributed by atoms with van der Waals surface area (Å²) in [6.45, 7) is 4.09. The maximum atomic E-state index is 12.4. The summed E-state index contributed by atoms with van der Waals surface area (Å²) in [5, 5.41) is 4.02. The maximum absolute atomic E-state index is 12.4. The van der Waals surface area contributed by atoms with Crippen LogP contribution in [0.15, 0.2) is 94.5 Å². The monoisotopic (exact) mass is 515 g/mol. The van der Waals surface area contributed by atoms with E-state index in [1.807, 2.05) is 32.0 Å². The molecule has 0 saturated carbocycles. The van der Waals surface area contributed by atoms with Gasteiger partial charge in [0.1, 0.15) is 5.75 Å². The Morgan fingerprint density at radius 3 is 2.21 bits per heavy atom. The second-order valence-corrected chi connectivity index (χ2v) is 8.58. The Bertz CT molecular complexity index is 1340. The molecule has 4 aromatic rings. The van der Waals surface area contributed by atoms with E-state index in [0.717, 1.165) is 27.1 Å². The number of hydrogen-bond donors (Lipinski definition) is 1. The molecule has 0 fully saturated rings. The van der Waals surface area contributed by atoms with Crippen molar-refractivity contribution in [2.75, 3.05) is 0 Å². The highest BCUT2D eigenvalue weighted by Gasteiger charge is 2.09. The topological polar surface area (TPSA) is 72.7 Å². The van der Waals surface area contributed by atoms with E-state index in [-0.39, 0.29) is 5.91 Å². The van der Waals surface area contributed by atoms with Crippen molar-refractivity contribution in [1.82, 2.24) is 9.99 Å². The number of ether oxygens (including phenoxy) is 1. The molecule has 0 aliphatic heterocycles. The van der Waals surface area contributed by atoms with Crippen LogP contribution in [0.4, 0.5) is 0 Å². The van der Waals surface area contributed by atoms with E-state index >= 15 is 0 Å². The van der Waals surface area contributed by atoms with E-state index in [1.165, 1.54) is 6.21 Å². The maximum Gasteiger partial charge on any atom is 0.343 e. The lowest BCUT2D eigenvalue weighted by molar-refractivity contribution is 0.0734. The average molecular weight is 516 g/mol. The minimum atomic E-state index is -0.442. The molecule has 0 aliphatic rings. The summed E-state index contributed by atoms with van der Waals surface area (Å²) in [4.78, 5) is 24.6. The molecule has 7 heteroatoms. The molecular weight excluding hydrogens is 494 g/mol. The summed E-state index contributed by atoms with van der Waals surface area (Å²) in [7, 11) is 0. The summed E-state index contributed by atoms with van der Waals surface area (Å²) in [6, 6.07) is 25.3. The molecule has 0 aliphatic carbocycles. The fourth-order valence-corrected chi connectivity index (χ4v) is 3.87. The van der Waals surface area contributed by atoms with Gasteiger partial charge in [-0.25, -0.2) is 10.2 Å². The molecule has 0 spiro atoms. The van der Waals surface area contributed by atoms with E-state index in [2.05, 4.69) is 43.2 Å². The average Bonchev–Trinajstić information content (AvgIpc) is 3.18. The van der Waals surface area contributed by atoms with E-state index < -0.39 is 5.97 Å². The molecule has 3 aromatic carbocycles. The number of halogens is 1. The number of carbonyl (C=O) groups excluding carboxylic acids is 2. The van der Waals surface area contributed by atoms with Crippen molar-refractivity contribution in [1.29, 1.82) is 0 Å². The molecule has 0 atom stereocenters. The van der Waals surface area contributed by atoms with Crippen LogP contribution in [0.1, 0.15) is 37.7 Å². The highest BCUT2D eigenvalue weighted by Crippen LogP contribution is 2.18. The van der Waals surface area contributed by atoms with Crippen molar-refractivity contribution in [3.63, 3.8) is 0 Å². The molecule has 0 radical (unpaired) electrons. The number of amides is 1. The Balaban J connectivity index is 1.33. The van der Waals surface area contributed by atoms with Gasteiger partial charge in [0.05, 0.1) is 11.8 Å². The zero-order valence-electron chi connectivity index (χ0n) is 18.7. The quantitative estimate of drug-likeness (QED) is 0.152. The molecule has 0 unspecified atom stereocenters. The number of esters is 1. The Kier molecular flexibility index (Phi) is 7.04. The predicted molar refractivity (Wildman–Crippen MR) is 136 cm³/mol. The van der Waals surface area contributed by atoms with E-state index in [9.17, 15) is 9.59 Å². The fourth-order valence-electron chi connectivity index (χ4n) is 3.47. The van der Waals surface area contributed by atoms with Crippen molar-refractivity contribution in [2.24, 2.45) is 5.10 Å². The van der Waals surface area contributed by atoms with E-state index in [1.54, 1.807) is 54.6 Å². The van der Waals surface area contributed by atoms with Gasteiger partial charge in [-0.05, 0) is 98.3 Å². The van der Waals surface area contributed by atoms with Crippen LogP contribution >= 0.6 is 15.9 Å². The van der Waals surface area contributed by atoms with Crippen LogP contribution in [-0.4, -0.2) is 22.7 Å². The van der Waals surface area contributed by atoms with Gasteiger partial charge in [-0.1, -0.05) is 22.0 Å². The SMILES string of the molecule is Cc1ccc(C)n1-c1ccc(C(=O)N/N=C/c2ccc(OC(=O)c3cccc(Br)c3)cc2)cc1. The van der Waals surface area contributed by atoms with Crippen LogP contribution in [0, 0.1) is 13.8 Å². The number of hydrazone groups is 1. The van der Waals surface area contributed by atoms with Crippen LogP contribution in [0.5, 0.6) is 5.75 Å². The van der Waals surface area contributed by atoms with Crippen molar-refractivity contribution >= 4 is 34.0 Å².